The van der Waals surface area contributed by atoms with Gasteiger partial charge in [0.25, 0.3) is 5.91 Å². The molecule has 0 bridgehead atoms. The molecule has 0 atom stereocenters. The molecule has 1 N–H and O–H groups in total. The van der Waals surface area contributed by atoms with Crippen LogP contribution in [0.5, 0.6) is 5.75 Å². The molecule has 8 nitrogen and oxygen atoms in total. The Morgan fingerprint density at radius 3 is 2.96 bits per heavy atom. The molecule has 1 aromatic heterocycles. The Kier molecular flexibility index (Phi) is 3.96. The van der Waals surface area contributed by atoms with Crippen molar-refractivity contribution in [1.82, 2.24) is 15.4 Å². The minimum absolute atomic E-state index is 0.0260. The number of likely N-dealkylation sites (N-methyl/N-ethyl adjacent to an activating group) is 1. The Bertz CT molecular complexity index is 756. The highest BCUT2D eigenvalue weighted by Gasteiger charge is 2.26. The van der Waals surface area contributed by atoms with Gasteiger partial charge in [-0.15, -0.1) is 5.10 Å². The summed E-state index contributed by atoms with van der Waals surface area (Å²) >= 11 is 0. The number of nitrogens with one attached hydrogen (secondary N) is 1. The third-order valence-electron chi connectivity index (χ3n) is 3.51. The first kappa shape index (κ1) is 15.0. The number of nitrogens with zero attached hydrogens (tertiary/aromatic N) is 3. The van der Waals surface area contributed by atoms with Gasteiger partial charge in [-0.25, -0.2) is 4.79 Å². The highest BCUT2D eigenvalue weighted by Crippen LogP contribution is 2.36. The second-order valence-corrected chi connectivity index (χ2v) is 4.85. The van der Waals surface area contributed by atoms with Crippen molar-refractivity contribution in [1.29, 1.82) is 0 Å². The van der Waals surface area contributed by atoms with Gasteiger partial charge in [0.05, 0.1) is 12.3 Å². The number of aromatic nitrogens is 3. The normalized spacial score (nSPS) is 13.5. The standard InChI is InChI=1S/C15H16N4O4/c1-3-19-10-7-9(5-6-11(10)23-8-12(19)20)13-14(17-18-16-13)15(21)22-4-2/h5-7H,3-4,8H2,1-2H3,(H,16,17,18). The van der Waals surface area contributed by atoms with Crippen molar-refractivity contribution in [2.24, 2.45) is 0 Å². The van der Waals surface area contributed by atoms with Crippen molar-refractivity contribution in [2.45, 2.75) is 13.8 Å². The van der Waals surface area contributed by atoms with Crippen LogP contribution in [0.1, 0.15) is 24.3 Å². The molecule has 0 aliphatic carbocycles. The predicted molar refractivity (Wildman–Crippen MR) is 81.3 cm³/mol. The molecule has 1 amide bonds. The van der Waals surface area contributed by atoms with Gasteiger partial charge in [0.15, 0.2) is 12.3 Å². The molecule has 0 saturated heterocycles. The molecule has 0 fully saturated rings. The molecule has 23 heavy (non-hydrogen) atoms. The maximum absolute atomic E-state index is 11.9. The minimum atomic E-state index is -0.548. The average molecular weight is 316 g/mol. The van der Waals surface area contributed by atoms with E-state index in [9.17, 15) is 9.59 Å². The Balaban J connectivity index is 2.03. The lowest BCUT2D eigenvalue weighted by molar-refractivity contribution is -0.121. The zero-order valence-electron chi connectivity index (χ0n) is 12.8. The lowest BCUT2D eigenvalue weighted by atomic mass is 10.1. The van der Waals surface area contributed by atoms with Crippen molar-refractivity contribution >= 4 is 17.6 Å². The van der Waals surface area contributed by atoms with E-state index in [2.05, 4.69) is 15.4 Å². The molecule has 0 unspecified atom stereocenters. The van der Waals surface area contributed by atoms with E-state index in [1.54, 1.807) is 30.0 Å². The van der Waals surface area contributed by atoms with Gasteiger partial charge in [-0.05, 0) is 32.0 Å². The number of fused-ring (bicyclic) bond motifs is 1. The minimum Gasteiger partial charge on any atom is -0.482 e. The first-order valence-corrected chi connectivity index (χ1v) is 7.31. The molecule has 0 spiro atoms. The number of H-pyrrole nitrogens is 1. The molecule has 3 rings (SSSR count). The zero-order chi connectivity index (χ0) is 16.4. The summed E-state index contributed by atoms with van der Waals surface area (Å²) in [6, 6.07) is 5.28. The molecule has 1 aliphatic heterocycles. The second kappa shape index (κ2) is 6.07. The fourth-order valence-electron chi connectivity index (χ4n) is 2.47. The summed E-state index contributed by atoms with van der Waals surface area (Å²) in [4.78, 5) is 25.5. The average Bonchev–Trinajstić information content (AvgIpc) is 3.04. The van der Waals surface area contributed by atoms with Crippen molar-refractivity contribution in [3.8, 4) is 17.0 Å². The summed E-state index contributed by atoms with van der Waals surface area (Å²) in [6.07, 6.45) is 0. The van der Waals surface area contributed by atoms with Crippen LogP contribution in [-0.4, -0.2) is 47.0 Å². The van der Waals surface area contributed by atoms with E-state index in [1.165, 1.54) is 0 Å². The van der Waals surface area contributed by atoms with Gasteiger partial charge in [-0.3, -0.25) is 4.79 Å². The smallest absolute Gasteiger partial charge is 0.361 e. The summed E-state index contributed by atoms with van der Waals surface area (Å²) < 4.78 is 10.4. The number of amides is 1. The van der Waals surface area contributed by atoms with Crippen molar-refractivity contribution in [3.05, 3.63) is 23.9 Å². The summed E-state index contributed by atoms with van der Waals surface area (Å²) in [6.45, 7) is 4.42. The van der Waals surface area contributed by atoms with Gasteiger partial charge in [0, 0.05) is 12.1 Å². The first-order valence-electron chi connectivity index (χ1n) is 7.31. The van der Waals surface area contributed by atoms with Gasteiger partial charge in [-0.2, -0.15) is 10.3 Å². The molecule has 0 radical (unpaired) electrons. The number of hydrogen-bond acceptors (Lipinski definition) is 6. The first-order chi connectivity index (χ1) is 11.2. The van der Waals surface area contributed by atoms with E-state index in [1.807, 2.05) is 6.92 Å². The maximum Gasteiger partial charge on any atom is 0.361 e. The molecular weight excluding hydrogens is 300 g/mol. The third-order valence-corrected chi connectivity index (χ3v) is 3.51. The quantitative estimate of drug-likeness (QED) is 0.856. The largest absolute Gasteiger partial charge is 0.482 e. The molecular formula is C15H16N4O4. The molecule has 1 aliphatic rings. The van der Waals surface area contributed by atoms with Crippen molar-refractivity contribution < 1.29 is 19.1 Å². The Labute approximate surface area is 132 Å². The van der Waals surface area contributed by atoms with Crippen molar-refractivity contribution in [3.63, 3.8) is 0 Å². The highest BCUT2D eigenvalue weighted by molar-refractivity contribution is 5.99. The number of benzene rings is 1. The van der Waals surface area contributed by atoms with Gasteiger partial charge in [-0.1, -0.05) is 0 Å². The Morgan fingerprint density at radius 2 is 2.22 bits per heavy atom. The van der Waals surface area contributed by atoms with Crippen molar-refractivity contribution in [2.75, 3.05) is 24.7 Å². The van der Waals surface area contributed by atoms with Crippen LogP contribution >= 0.6 is 0 Å². The lowest BCUT2D eigenvalue weighted by Crippen LogP contribution is -2.38. The van der Waals surface area contributed by atoms with Crippen LogP contribution in [0.3, 0.4) is 0 Å². The van der Waals surface area contributed by atoms with Gasteiger partial charge < -0.3 is 14.4 Å². The Morgan fingerprint density at radius 1 is 1.39 bits per heavy atom. The van der Waals surface area contributed by atoms with E-state index in [-0.39, 0.29) is 24.8 Å². The number of carbonyl (C=O) groups is 2. The zero-order valence-corrected chi connectivity index (χ0v) is 12.8. The number of anilines is 1. The number of hydrogen-bond donors (Lipinski definition) is 1. The van der Waals surface area contributed by atoms with Gasteiger partial charge in [0.1, 0.15) is 11.4 Å². The van der Waals surface area contributed by atoms with Crippen LogP contribution in [0, 0.1) is 0 Å². The molecule has 8 heteroatoms. The molecule has 1 aromatic carbocycles. The molecule has 2 aromatic rings. The van der Waals surface area contributed by atoms with Gasteiger partial charge in [0.2, 0.25) is 0 Å². The number of aromatic amines is 1. The van der Waals surface area contributed by atoms with Crippen LogP contribution in [0.25, 0.3) is 11.3 Å². The number of rotatable bonds is 4. The van der Waals surface area contributed by atoms with E-state index in [4.69, 9.17) is 9.47 Å². The lowest BCUT2D eigenvalue weighted by Gasteiger charge is -2.28. The number of ether oxygens (including phenoxy) is 2. The third kappa shape index (κ3) is 2.63. The van der Waals surface area contributed by atoms with E-state index < -0.39 is 5.97 Å². The van der Waals surface area contributed by atoms with Crippen LogP contribution < -0.4 is 9.64 Å². The fourth-order valence-corrected chi connectivity index (χ4v) is 2.47. The predicted octanol–water partition coefficient (Wildman–Crippen LogP) is 1.39. The van der Waals surface area contributed by atoms with Crippen LogP contribution in [0.2, 0.25) is 0 Å². The van der Waals surface area contributed by atoms with Gasteiger partial charge >= 0.3 is 5.97 Å². The number of carbonyl (C=O) groups excluding carboxylic acids is 2. The summed E-state index contributed by atoms with van der Waals surface area (Å²) in [7, 11) is 0. The fraction of sp³-hybridized carbons (Fsp3) is 0.333. The van der Waals surface area contributed by atoms with Crippen LogP contribution in [0.15, 0.2) is 18.2 Å². The summed E-state index contributed by atoms with van der Waals surface area (Å²) in [5.74, 6) is -0.0343. The van der Waals surface area contributed by atoms with E-state index >= 15 is 0 Å². The monoisotopic (exact) mass is 316 g/mol. The molecule has 0 saturated carbocycles. The maximum atomic E-state index is 11.9. The van der Waals surface area contributed by atoms with Crippen LogP contribution in [-0.2, 0) is 9.53 Å². The summed E-state index contributed by atoms with van der Waals surface area (Å²) in [5, 5.41) is 10.3. The highest BCUT2D eigenvalue weighted by atomic mass is 16.5. The number of esters is 1. The molecule has 2 heterocycles. The van der Waals surface area contributed by atoms with Crippen LogP contribution in [0.4, 0.5) is 5.69 Å². The second-order valence-electron chi connectivity index (χ2n) is 4.85. The summed E-state index contributed by atoms with van der Waals surface area (Å²) in [5.41, 5.74) is 1.79. The van der Waals surface area contributed by atoms with E-state index in [0.717, 1.165) is 0 Å². The topological polar surface area (TPSA) is 97.4 Å². The molecule has 120 valence electrons. The van der Waals surface area contributed by atoms with E-state index in [0.29, 0.717) is 29.2 Å². The SMILES string of the molecule is CCOC(=O)c1n[nH]nc1-c1ccc2c(c1)N(CC)C(=O)CO2. The Hall–Kier alpha value is -2.90.